The van der Waals surface area contributed by atoms with Crippen LogP contribution in [0.3, 0.4) is 0 Å². The molecule has 2 aromatic rings. The van der Waals surface area contributed by atoms with Crippen LogP contribution in [0.15, 0.2) is 42.5 Å². The maximum atomic E-state index is 15.0. The molecule has 0 bridgehead atoms. The van der Waals surface area contributed by atoms with Crippen LogP contribution in [0.1, 0.15) is 58.4 Å². The van der Waals surface area contributed by atoms with Gasteiger partial charge in [-0.05, 0) is 87.4 Å². The summed E-state index contributed by atoms with van der Waals surface area (Å²) in [7, 11) is -3.77. The van der Waals surface area contributed by atoms with E-state index in [0.29, 0.717) is 24.7 Å². The zero-order valence-electron chi connectivity index (χ0n) is 35.5. The largest absolute Gasteiger partial charge is 0.497 e. The fraction of sp³-hybridized carbons (Fsp3) is 0.537. The Morgan fingerprint density at radius 2 is 1.56 bits per heavy atom. The van der Waals surface area contributed by atoms with E-state index in [4.69, 9.17) is 14.0 Å². The number of benzene rings is 2. The van der Waals surface area contributed by atoms with Crippen molar-refractivity contribution in [2.75, 3.05) is 32.1 Å². The van der Waals surface area contributed by atoms with Crippen molar-refractivity contribution in [1.82, 2.24) is 30.7 Å². The van der Waals surface area contributed by atoms with Crippen molar-refractivity contribution in [2.45, 2.75) is 108 Å². The minimum absolute atomic E-state index is 0.0499. The molecule has 64 heavy (non-hydrogen) atoms. The summed E-state index contributed by atoms with van der Waals surface area (Å²) in [5, 5.41) is 10.2. The number of phosphoric acid groups is 1. The van der Waals surface area contributed by atoms with Gasteiger partial charge in [0.05, 0.1) is 13.2 Å². The van der Waals surface area contributed by atoms with Gasteiger partial charge in [-0.25, -0.2) is 22.9 Å². The summed E-state index contributed by atoms with van der Waals surface area (Å²) in [6.07, 6.45) is -2.71. The van der Waals surface area contributed by atoms with Gasteiger partial charge >= 0.3 is 19.8 Å². The van der Waals surface area contributed by atoms with E-state index >= 15 is 0 Å². The average Bonchev–Trinajstić information content (AvgIpc) is 3.83. The first-order valence-electron chi connectivity index (χ1n) is 20.8. The minimum Gasteiger partial charge on any atom is -0.497 e. The number of carbonyl (C=O) groups is 7. The van der Waals surface area contributed by atoms with E-state index in [-0.39, 0.29) is 43.1 Å². The number of esters is 1. The number of amides is 7. The summed E-state index contributed by atoms with van der Waals surface area (Å²) in [4.78, 5) is 122. The number of hydrogen-bond acceptors (Lipinski definition) is 11. The van der Waals surface area contributed by atoms with Gasteiger partial charge in [0, 0.05) is 44.2 Å². The lowest BCUT2D eigenvalue weighted by atomic mass is 9.98. The van der Waals surface area contributed by atoms with Crippen molar-refractivity contribution < 1.29 is 70.7 Å². The third-order valence-electron chi connectivity index (χ3n) is 11.7. The van der Waals surface area contributed by atoms with E-state index in [1.165, 1.54) is 42.9 Å². The SMILES string of the molecule is COc1ccc(NC(=O)N[C@@H](Cc2cc(F)cc(F)c2)C(=O)N[C@@H]2C(=O)N3C[C@H](OP(=O)(O)O)C[C@H]3C(=O)N3CCCC[C@H]3C(=O)N[C@@H](C)C(=O)N3C[C@H](C)CC3C(=O)O[C@H]2C)cc1. The number of anilines is 1. The average molecular weight is 920 g/mol. The van der Waals surface area contributed by atoms with Crippen LogP contribution in [0.2, 0.25) is 0 Å². The molecular weight excluding hydrogens is 867 g/mol. The van der Waals surface area contributed by atoms with Crippen LogP contribution >= 0.6 is 7.82 Å². The molecule has 9 atom stereocenters. The number of ether oxygens (including phenoxy) is 2. The number of nitrogens with one attached hydrogen (secondary N) is 4. The molecule has 348 valence electrons. The summed E-state index contributed by atoms with van der Waals surface area (Å²) < 4.78 is 56.8. The van der Waals surface area contributed by atoms with E-state index in [1.54, 1.807) is 19.1 Å². The number of piperidine rings is 1. The van der Waals surface area contributed by atoms with Crippen LogP contribution < -0.4 is 26.0 Å². The van der Waals surface area contributed by atoms with Crippen LogP contribution in [0, 0.1) is 17.6 Å². The predicted molar refractivity (Wildman–Crippen MR) is 220 cm³/mol. The van der Waals surface area contributed by atoms with Gasteiger partial charge in [0.1, 0.15) is 59.7 Å². The highest BCUT2D eigenvalue weighted by Gasteiger charge is 2.50. The first kappa shape index (κ1) is 47.8. The number of hydrogen-bond donors (Lipinski definition) is 6. The number of nitrogens with zero attached hydrogens (tertiary/aromatic N) is 3. The van der Waals surface area contributed by atoms with Crippen LogP contribution in [0.4, 0.5) is 19.3 Å². The number of cyclic esters (lactones) is 1. The molecule has 0 saturated carbocycles. The lowest BCUT2D eigenvalue weighted by Crippen LogP contribution is -2.63. The maximum Gasteiger partial charge on any atom is 0.469 e. The Labute approximate surface area is 366 Å². The molecule has 0 aromatic heterocycles. The second-order valence-electron chi connectivity index (χ2n) is 16.6. The molecule has 20 nitrogen and oxygen atoms in total. The van der Waals surface area contributed by atoms with Gasteiger partial charge in [-0.2, -0.15) is 0 Å². The van der Waals surface area contributed by atoms with Gasteiger partial charge in [-0.1, -0.05) is 6.92 Å². The Balaban J connectivity index is 1.39. The Morgan fingerprint density at radius 1 is 0.891 bits per heavy atom. The molecule has 6 rings (SSSR count). The molecule has 0 radical (unpaired) electrons. The monoisotopic (exact) mass is 919 g/mol. The van der Waals surface area contributed by atoms with Gasteiger partial charge in [-0.3, -0.25) is 28.5 Å². The van der Waals surface area contributed by atoms with Crippen molar-refractivity contribution in [3.63, 3.8) is 0 Å². The topological polar surface area (TPSA) is 263 Å². The first-order valence-corrected chi connectivity index (χ1v) is 22.4. The van der Waals surface area contributed by atoms with Crippen molar-refractivity contribution in [3.05, 3.63) is 59.7 Å². The first-order chi connectivity index (χ1) is 30.2. The Hall–Kier alpha value is -5.70. The van der Waals surface area contributed by atoms with Crippen molar-refractivity contribution in [3.8, 4) is 5.75 Å². The van der Waals surface area contributed by atoms with Crippen molar-refractivity contribution >= 4 is 55.0 Å². The standard InChI is InChI=1S/C41H52F2N7O13P/c1-21-13-33-40(56)62-23(3)34(47-35(51)30(16-24-14-25(42)17-26(43)15-24)46-41(57)45-27-8-10-28(61-4)11-9-27)39(55)50-20-29(63-64(58,59)60)18-32(50)38(54)48-12-6-5-7-31(48)36(52)44-22(2)37(53)49(33)19-21/h8-11,14-15,17,21-23,29-34H,5-7,12-13,16,18-20H2,1-4H3,(H,44,52)(H,47,51)(H2,45,46,57)(H2,58,59,60)/t21-,22+,23+,29-,30+,31+,32+,33?,34+/m1/s1. The van der Waals surface area contributed by atoms with Crippen LogP contribution in [-0.4, -0.2) is 141 Å². The molecule has 6 N–H and O–H groups in total. The van der Waals surface area contributed by atoms with Gasteiger partial charge in [0.15, 0.2) is 0 Å². The maximum absolute atomic E-state index is 15.0. The molecule has 4 aliphatic rings. The fourth-order valence-electron chi connectivity index (χ4n) is 8.65. The summed E-state index contributed by atoms with van der Waals surface area (Å²) >= 11 is 0. The Bertz CT molecular complexity index is 2160. The van der Waals surface area contributed by atoms with E-state index in [2.05, 4.69) is 21.3 Å². The highest BCUT2D eigenvalue weighted by atomic mass is 31.2. The van der Waals surface area contributed by atoms with E-state index in [1.807, 2.05) is 0 Å². The van der Waals surface area contributed by atoms with E-state index in [9.17, 15) is 56.7 Å². The second kappa shape index (κ2) is 20.0. The second-order valence-corrected chi connectivity index (χ2v) is 17.8. The zero-order valence-corrected chi connectivity index (χ0v) is 36.4. The lowest BCUT2D eigenvalue weighted by Gasteiger charge is -2.39. The molecular formula is C41H52F2N7O13P. The molecule has 4 aliphatic heterocycles. The molecule has 2 aromatic carbocycles. The lowest BCUT2D eigenvalue weighted by molar-refractivity contribution is -0.163. The highest BCUT2D eigenvalue weighted by molar-refractivity contribution is 7.46. The van der Waals surface area contributed by atoms with Gasteiger partial charge in [-0.15, -0.1) is 0 Å². The van der Waals surface area contributed by atoms with Gasteiger partial charge in [0.2, 0.25) is 29.5 Å². The van der Waals surface area contributed by atoms with Gasteiger partial charge < -0.3 is 55.2 Å². The van der Waals surface area contributed by atoms with E-state index < -0.39 is 129 Å². The van der Waals surface area contributed by atoms with Crippen LogP contribution in [-0.2, 0) is 49.0 Å². The third-order valence-corrected chi connectivity index (χ3v) is 12.2. The Kier molecular flexibility index (Phi) is 14.9. The molecule has 0 aliphatic carbocycles. The smallest absolute Gasteiger partial charge is 0.469 e. The van der Waals surface area contributed by atoms with Gasteiger partial charge in [0.25, 0.3) is 0 Å². The predicted octanol–water partition coefficient (Wildman–Crippen LogP) is 1.34. The summed E-state index contributed by atoms with van der Waals surface area (Å²) in [6.45, 7) is 4.06. The van der Waals surface area contributed by atoms with E-state index in [0.717, 1.165) is 17.0 Å². The highest BCUT2D eigenvalue weighted by Crippen LogP contribution is 2.41. The Morgan fingerprint density at radius 3 is 2.22 bits per heavy atom. The number of phosphoric ester groups is 1. The molecule has 0 spiro atoms. The number of rotatable bonds is 9. The third kappa shape index (κ3) is 11.5. The fourth-order valence-corrected chi connectivity index (χ4v) is 9.19. The summed E-state index contributed by atoms with van der Waals surface area (Å²) in [5.41, 5.74) is 0.180. The molecule has 4 fully saturated rings. The molecule has 4 heterocycles. The zero-order chi connectivity index (χ0) is 46.6. The number of urea groups is 1. The molecule has 1 unspecified atom stereocenters. The normalized spacial score (nSPS) is 27.4. The van der Waals surface area contributed by atoms with Crippen LogP contribution in [0.25, 0.3) is 0 Å². The number of halogens is 2. The van der Waals surface area contributed by atoms with Crippen molar-refractivity contribution in [2.24, 2.45) is 5.92 Å². The van der Waals surface area contributed by atoms with Crippen LogP contribution in [0.5, 0.6) is 5.75 Å². The molecule has 7 amide bonds. The number of carbonyl (C=O) groups excluding carboxylic acids is 7. The summed E-state index contributed by atoms with van der Waals surface area (Å²) in [5.74, 6) is -6.95. The number of fused-ring (bicyclic) bond motifs is 3. The van der Waals surface area contributed by atoms with Crippen molar-refractivity contribution in [1.29, 1.82) is 0 Å². The minimum atomic E-state index is -5.21. The summed E-state index contributed by atoms with van der Waals surface area (Å²) in [6, 6.07) is -0.957. The molecule has 23 heteroatoms. The molecule has 4 saturated heterocycles. The quantitative estimate of drug-likeness (QED) is 0.154. The number of methoxy groups -OCH3 is 1.